The number of nitrogen functional groups attached to an aromatic ring is 1. The molecule has 2 N–H and O–H groups in total. The summed E-state index contributed by atoms with van der Waals surface area (Å²) in [5.74, 6) is 0.217. The van der Waals surface area contributed by atoms with Gasteiger partial charge in [-0.3, -0.25) is 5.73 Å². The lowest BCUT2D eigenvalue weighted by molar-refractivity contribution is -0.648. The van der Waals surface area contributed by atoms with Crippen LogP contribution in [-0.2, 0) is 22.6 Å². The minimum Gasteiger partial charge on any atom is -1.00 e. The largest absolute Gasteiger partial charge is 1.00 e. The van der Waals surface area contributed by atoms with Crippen molar-refractivity contribution in [3.05, 3.63) is 60.2 Å². The van der Waals surface area contributed by atoms with Gasteiger partial charge in [-0.25, -0.2) is 13.9 Å². The van der Waals surface area contributed by atoms with Crippen LogP contribution in [0.1, 0.15) is 5.56 Å². The Hall–Kier alpha value is -2.34. The third kappa shape index (κ3) is 3.37. The van der Waals surface area contributed by atoms with Gasteiger partial charge in [0.15, 0.2) is 6.54 Å². The summed E-state index contributed by atoms with van der Waals surface area (Å²) in [5.41, 5.74) is 9.35. The first-order chi connectivity index (χ1) is 10.7. The zero-order chi connectivity index (χ0) is 15.5. The average Bonchev–Trinajstić information content (AvgIpc) is 2.82. The quantitative estimate of drug-likeness (QED) is 0.457. The maximum atomic E-state index is 11.6. The van der Waals surface area contributed by atoms with Gasteiger partial charge in [-0.2, -0.15) is 0 Å². The van der Waals surface area contributed by atoms with E-state index in [1.165, 1.54) is 7.11 Å². The van der Waals surface area contributed by atoms with E-state index in [0.29, 0.717) is 12.5 Å². The summed E-state index contributed by atoms with van der Waals surface area (Å²) >= 11 is 0. The van der Waals surface area contributed by atoms with Crippen molar-refractivity contribution in [2.75, 3.05) is 12.8 Å². The van der Waals surface area contributed by atoms with Gasteiger partial charge in [0.05, 0.1) is 13.7 Å². The molecular weight excluding hydrogens is 358 g/mol. The SMILES string of the molecule is COC(=O)Cn1c(N)[n+](Cc2ccccc2)c2ccccc21.[Br-]. The molecule has 5 nitrogen and oxygen atoms in total. The Labute approximate surface area is 145 Å². The Morgan fingerprint density at radius 1 is 1.13 bits per heavy atom. The number of halogens is 1. The number of ether oxygens (including phenoxy) is 1. The van der Waals surface area contributed by atoms with E-state index < -0.39 is 0 Å². The molecule has 120 valence electrons. The molecule has 23 heavy (non-hydrogen) atoms. The van der Waals surface area contributed by atoms with E-state index >= 15 is 0 Å². The van der Waals surface area contributed by atoms with Crippen molar-refractivity contribution in [2.45, 2.75) is 13.1 Å². The fraction of sp³-hybridized carbons (Fsp3) is 0.176. The molecule has 0 aliphatic carbocycles. The van der Waals surface area contributed by atoms with Gasteiger partial charge < -0.3 is 21.7 Å². The molecule has 1 aromatic heterocycles. The van der Waals surface area contributed by atoms with Gasteiger partial charge in [0.1, 0.15) is 11.0 Å². The van der Waals surface area contributed by atoms with Crippen LogP contribution in [0.3, 0.4) is 0 Å². The lowest BCUT2D eigenvalue weighted by Gasteiger charge is -2.02. The number of methoxy groups -OCH3 is 1. The second-order valence-electron chi connectivity index (χ2n) is 5.08. The van der Waals surface area contributed by atoms with Crippen molar-refractivity contribution in [3.63, 3.8) is 0 Å². The molecule has 0 amide bonds. The Bertz CT molecular complexity index is 815. The molecule has 0 fully saturated rings. The second-order valence-corrected chi connectivity index (χ2v) is 5.08. The number of imidazole rings is 1. The molecule has 0 atom stereocenters. The third-order valence-electron chi connectivity index (χ3n) is 3.71. The van der Waals surface area contributed by atoms with Crippen molar-refractivity contribution >= 4 is 23.0 Å². The topological polar surface area (TPSA) is 61.1 Å². The van der Waals surface area contributed by atoms with Crippen molar-refractivity contribution in [3.8, 4) is 0 Å². The van der Waals surface area contributed by atoms with E-state index in [1.54, 1.807) is 4.57 Å². The Balaban J connectivity index is 0.00000192. The van der Waals surface area contributed by atoms with E-state index in [2.05, 4.69) is 12.1 Å². The van der Waals surface area contributed by atoms with Crippen LogP contribution < -0.4 is 27.3 Å². The van der Waals surface area contributed by atoms with Crippen molar-refractivity contribution < 1.29 is 31.1 Å². The molecule has 0 bridgehead atoms. The zero-order valence-electron chi connectivity index (χ0n) is 12.8. The molecule has 0 aliphatic rings. The molecule has 0 saturated carbocycles. The first kappa shape index (κ1) is 17.0. The molecule has 0 saturated heterocycles. The number of fused-ring (bicyclic) bond motifs is 1. The number of carbonyl (C=O) groups excluding carboxylic acids is 1. The normalized spacial score (nSPS) is 10.3. The second kappa shape index (κ2) is 7.28. The van der Waals surface area contributed by atoms with Gasteiger partial charge in [-0.1, -0.05) is 42.5 Å². The predicted octanol–water partition coefficient (Wildman–Crippen LogP) is -1.26. The number of hydrogen-bond acceptors (Lipinski definition) is 3. The summed E-state index contributed by atoms with van der Waals surface area (Å²) in [6.45, 7) is 0.756. The lowest BCUT2D eigenvalue weighted by Crippen LogP contribution is -3.00. The smallest absolute Gasteiger partial charge is 0.356 e. The summed E-state index contributed by atoms with van der Waals surface area (Å²) in [6, 6.07) is 17.9. The lowest BCUT2D eigenvalue weighted by atomic mass is 10.2. The van der Waals surface area contributed by atoms with Crippen LogP contribution in [0.15, 0.2) is 54.6 Å². The number of para-hydroxylation sites is 2. The monoisotopic (exact) mass is 375 g/mol. The molecule has 0 radical (unpaired) electrons. The molecular formula is C17H18BrN3O2. The Kier molecular flexibility index (Phi) is 5.39. The first-order valence-electron chi connectivity index (χ1n) is 7.08. The summed E-state index contributed by atoms with van der Waals surface area (Å²) in [4.78, 5) is 11.6. The third-order valence-corrected chi connectivity index (χ3v) is 3.71. The van der Waals surface area contributed by atoms with E-state index in [0.717, 1.165) is 16.6 Å². The van der Waals surface area contributed by atoms with Crippen LogP contribution in [0.4, 0.5) is 5.95 Å². The van der Waals surface area contributed by atoms with Crippen molar-refractivity contribution in [2.24, 2.45) is 0 Å². The molecule has 0 aliphatic heterocycles. The zero-order valence-corrected chi connectivity index (χ0v) is 14.4. The Morgan fingerprint density at radius 2 is 1.78 bits per heavy atom. The van der Waals surface area contributed by atoms with Gasteiger partial charge in [0, 0.05) is 0 Å². The van der Waals surface area contributed by atoms with Gasteiger partial charge >= 0.3 is 11.9 Å². The number of aromatic nitrogens is 2. The van der Waals surface area contributed by atoms with Gasteiger partial charge in [0.25, 0.3) is 0 Å². The van der Waals surface area contributed by atoms with Gasteiger partial charge in [-0.15, -0.1) is 0 Å². The number of hydrogen-bond donors (Lipinski definition) is 1. The summed E-state index contributed by atoms with van der Waals surface area (Å²) < 4.78 is 8.55. The maximum absolute atomic E-state index is 11.6. The van der Waals surface area contributed by atoms with Crippen LogP contribution in [-0.4, -0.2) is 17.6 Å². The van der Waals surface area contributed by atoms with Gasteiger partial charge in [-0.05, 0) is 17.7 Å². The van der Waals surface area contributed by atoms with Crippen molar-refractivity contribution in [1.82, 2.24) is 4.57 Å². The molecule has 3 rings (SSSR count). The molecule has 6 heteroatoms. The highest BCUT2D eigenvalue weighted by Gasteiger charge is 2.22. The molecule has 0 unspecified atom stereocenters. The fourth-order valence-electron chi connectivity index (χ4n) is 2.61. The highest BCUT2D eigenvalue weighted by Crippen LogP contribution is 2.17. The number of anilines is 1. The van der Waals surface area contributed by atoms with E-state index in [9.17, 15) is 4.79 Å². The van der Waals surface area contributed by atoms with E-state index in [1.807, 2.05) is 47.0 Å². The Morgan fingerprint density at radius 3 is 2.48 bits per heavy atom. The van der Waals surface area contributed by atoms with E-state index in [4.69, 9.17) is 10.5 Å². The summed E-state index contributed by atoms with van der Waals surface area (Å²) in [6.07, 6.45) is 0. The summed E-state index contributed by atoms with van der Waals surface area (Å²) in [5, 5.41) is 0. The predicted molar refractivity (Wildman–Crippen MR) is 84.1 cm³/mol. The number of nitrogens with zero attached hydrogens (tertiary/aromatic N) is 2. The fourth-order valence-corrected chi connectivity index (χ4v) is 2.61. The minimum atomic E-state index is -0.320. The standard InChI is InChI=1S/C17H17N3O2.BrH/c1-22-16(21)12-20-15-10-6-5-9-14(15)19(17(20)18)11-13-7-3-2-4-8-13;/h2-10,18H,11-12H2,1H3;1H. The molecule has 3 aromatic rings. The highest BCUT2D eigenvalue weighted by molar-refractivity contribution is 5.77. The average molecular weight is 376 g/mol. The number of rotatable bonds is 4. The minimum absolute atomic E-state index is 0. The van der Waals surface area contributed by atoms with Crippen LogP contribution in [0, 0.1) is 0 Å². The molecule has 2 aromatic carbocycles. The van der Waals surface area contributed by atoms with Gasteiger partial charge in [0.2, 0.25) is 0 Å². The van der Waals surface area contributed by atoms with Crippen LogP contribution in [0.5, 0.6) is 0 Å². The van der Waals surface area contributed by atoms with Crippen LogP contribution in [0.25, 0.3) is 11.0 Å². The van der Waals surface area contributed by atoms with E-state index in [-0.39, 0.29) is 29.5 Å². The van der Waals surface area contributed by atoms with Crippen LogP contribution >= 0.6 is 0 Å². The number of benzene rings is 2. The maximum Gasteiger partial charge on any atom is 0.356 e. The van der Waals surface area contributed by atoms with Crippen LogP contribution in [0.2, 0.25) is 0 Å². The number of carbonyl (C=O) groups is 1. The molecule has 1 heterocycles. The molecule has 0 spiro atoms. The summed E-state index contributed by atoms with van der Waals surface area (Å²) in [7, 11) is 1.38. The first-order valence-corrected chi connectivity index (χ1v) is 7.08. The number of esters is 1. The highest BCUT2D eigenvalue weighted by atomic mass is 79.9. The van der Waals surface area contributed by atoms with Crippen molar-refractivity contribution in [1.29, 1.82) is 0 Å². The number of nitrogens with two attached hydrogens (primary N) is 1.